The number of hydrogen-bond donors (Lipinski definition) is 0. The molecule has 6 aliphatic rings. The number of rotatable bonds is 6. The van der Waals surface area contributed by atoms with E-state index in [4.69, 9.17) is 9.47 Å². The van der Waals surface area contributed by atoms with Crippen LogP contribution >= 0.6 is 47.0 Å². The van der Waals surface area contributed by atoms with Crippen molar-refractivity contribution in [2.75, 3.05) is 29.4 Å². The van der Waals surface area contributed by atoms with Crippen molar-refractivity contribution in [2.45, 2.75) is 19.8 Å². The quantitative estimate of drug-likeness (QED) is 0.146. The number of ether oxygens (including phenoxy) is 2. The normalized spacial score (nSPS) is 14.0. The number of benzene rings is 4. The molecule has 0 unspecified atom stereocenters. The van der Waals surface area contributed by atoms with E-state index in [0.717, 1.165) is 94.4 Å². The molecule has 0 bridgehead atoms. The third kappa shape index (κ3) is 13.1. The number of thioether (sulfide) groups is 4. The summed E-state index contributed by atoms with van der Waals surface area (Å²) in [5, 5.41) is 2.04. The van der Waals surface area contributed by atoms with Crippen molar-refractivity contribution in [3.8, 4) is 11.5 Å². The van der Waals surface area contributed by atoms with Crippen LogP contribution in [0.1, 0.15) is 0 Å². The van der Waals surface area contributed by atoms with Crippen molar-refractivity contribution in [1.29, 1.82) is 0 Å². The second-order valence-electron chi connectivity index (χ2n) is 16.7. The van der Waals surface area contributed by atoms with Gasteiger partial charge >= 0.3 is 0 Å². The monoisotopic (exact) mass is 1860 g/mol. The zero-order chi connectivity index (χ0) is 52.0. The molecule has 2 radical (unpaired) electrons. The van der Waals surface area contributed by atoms with Crippen molar-refractivity contribution in [3.63, 3.8) is 0 Å². The van der Waals surface area contributed by atoms with Gasteiger partial charge in [0.1, 0.15) is 41.1 Å². The predicted molar refractivity (Wildman–Crippen MR) is 308 cm³/mol. The van der Waals surface area contributed by atoms with Gasteiger partial charge in [-0.3, -0.25) is 57.0 Å². The molecule has 0 N–H and O–H groups in total. The summed E-state index contributed by atoms with van der Waals surface area (Å²) < 4.78 is 10.7. The van der Waals surface area contributed by atoms with Gasteiger partial charge in [-0.15, -0.1) is 82.7 Å². The number of fused-ring (bicyclic) bond motifs is 6. The third-order valence-corrected chi connectivity index (χ3v) is 15.5. The molecule has 16 rings (SSSR count). The summed E-state index contributed by atoms with van der Waals surface area (Å²) in [7, 11) is 0. The fraction of sp³-hybridized carbons (Fsp3) is 0. The Bertz CT molecular complexity index is 3370. The Morgan fingerprint density at radius 1 is 0.378 bits per heavy atom. The fourth-order valence-electron chi connectivity index (χ4n) is 8.39. The van der Waals surface area contributed by atoms with Gasteiger partial charge in [0.15, 0.2) is 0 Å². The van der Waals surface area contributed by atoms with E-state index in [0.29, 0.717) is 5.75 Å². The zero-order valence-electron chi connectivity index (χ0n) is 42.0. The molecule has 0 spiro atoms. The molecule has 418 valence electrons. The van der Waals surface area contributed by atoms with Crippen molar-refractivity contribution in [1.82, 2.24) is 34.9 Å². The largest absolute Gasteiger partial charge is 0.639 e. The first kappa shape index (κ1) is 60.7. The van der Waals surface area contributed by atoms with Crippen LogP contribution in [0.5, 0.6) is 11.5 Å². The third-order valence-electron chi connectivity index (χ3n) is 12.0. The maximum Gasteiger partial charge on any atom is 0.148 e. The van der Waals surface area contributed by atoms with Crippen LogP contribution in [0.25, 0.3) is 0 Å². The van der Waals surface area contributed by atoms with Gasteiger partial charge in [-0.25, -0.2) is 24.9 Å². The SMILES string of the molecule is [Ir].[Ir].[Os].[Os].[c-]1c(N2[CH-]Sc3cccnc32)cccc1N1[CH-]Sc2cccnc21.[c-]1c(N2[CH-]Sc3ncccc32)cccc1N1[CH-]Sc2ncccc21.[c-]1ccccc1N1[CH-]Oc2cccnc21.[c-]1ccccc1N1[CH-]Oc2cncnc21. The molecule has 82 heavy (non-hydrogen) atoms. The number of anilines is 12. The summed E-state index contributed by atoms with van der Waals surface area (Å²) in [4.78, 5) is 44.6. The molecule has 15 nitrogen and oxygen atoms in total. The molecule has 4 aromatic carbocycles. The van der Waals surface area contributed by atoms with E-state index in [1.54, 1.807) is 72.9 Å². The smallest absolute Gasteiger partial charge is 0.148 e. The first-order chi connectivity index (χ1) is 38.7. The van der Waals surface area contributed by atoms with Gasteiger partial charge in [0.05, 0.1) is 16.2 Å². The summed E-state index contributed by atoms with van der Waals surface area (Å²) in [6.07, 6.45) is 12.2. The van der Waals surface area contributed by atoms with Crippen LogP contribution in [0.4, 0.5) is 68.8 Å². The van der Waals surface area contributed by atoms with Gasteiger partial charge in [-0.2, -0.15) is 84.2 Å². The molecular formula is C59H37Ir2N13O2Os2S4-10. The fourth-order valence-corrected chi connectivity index (χ4v) is 11.8. The minimum Gasteiger partial charge on any atom is -0.639 e. The number of aromatic nitrogens is 7. The Morgan fingerprint density at radius 3 is 1.32 bits per heavy atom. The molecule has 10 aromatic rings. The summed E-state index contributed by atoms with van der Waals surface area (Å²) in [6.45, 7) is 3.24. The second kappa shape index (κ2) is 28.6. The van der Waals surface area contributed by atoms with Gasteiger partial charge in [0, 0.05) is 132 Å². The van der Waals surface area contributed by atoms with Crippen molar-refractivity contribution >= 4 is 116 Å². The van der Waals surface area contributed by atoms with Crippen LogP contribution in [0.15, 0.2) is 209 Å². The minimum atomic E-state index is 0. The van der Waals surface area contributed by atoms with Crippen LogP contribution in [-0.2, 0) is 79.8 Å². The molecule has 0 amide bonds. The number of pyridine rings is 5. The van der Waals surface area contributed by atoms with E-state index < -0.39 is 0 Å². The van der Waals surface area contributed by atoms with Gasteiger partial charge < -0.3 is 38.9 Å². The maximum absolute atomic E-state index is 5.38. The number of para-hydroxylation sites is 2. The van der Waals surface area contributed by atoms with Crippen LogP contribution < -0.4 is 38.9 Å². The van der Waals surface area contributed by atoms with Gasteiger partial charge in [-0.05, 0) is 60.7 Å². The van der Waals surface area contributed by atoms with Gasteiger partial charge in [0.2, 0.25) is 0 Å². The van der Waals surface area contributed by atoms with Crippen LogP contribution in [0.2, 0.25) is 0 Å². The number of nitrogens with zero attached hydrogens (tertiary/aromatic N) is 13. The molecule has 6 aromatic heterocycles. The summed E-state index contributed by atoms with van der Waals surface area (Å²) in [5.41, 5.74) is 7.96. The van der Waals surface area contributed by atoms with Gasteiger partial charge in [-0.1, -0.05) is 13.5 Å². The van der Waals surface area contributed by atoms with Crippen LogP contribution in [0.3, 0.4) is 0 Å². The molecule has 6 aliphatic heterocycles. The van der Waals surface area contributed by atoms with Crippen LogP contribution in [-0.4, -0.2) is 34.9 Å². The van der Waals surface area contributed by atoms with Crippen molar-refractivity contribution in [2.24, 2.45) is 0 Å². The predicted octanol–water partition coefficient (Wildman–Crippen LogP) is 14.5. The van der Waals surface area contributed by atoms with Gasteiger partial charge in [0.25, 0.3) is 0 Å². The van der Waals surface area contributed by atoms with E-state index in [-0.39, 0.29) is 79.8 Å². The topological polar surface area (TPSA) is 128 Å². The minimum absolute atomic E-state index is 0. The summed E-state index contributed by atoms with van der Waals surface area (Å²) in [5.74, 6) is 13.2. The van der Waals surface area contributed by atoms with Crippen molar-refractivity contribution in [3.05, 3.63) is 250 Å². The van der Waals surface area contributed by atoms with E-state index >= 15 is 0 Å². The molecule has 0 aliphatic carbocycles. The Kier molecular flexibility index (Phi) is 21.1. The van der Waals surface area contributed by atoms with E-state index in [2.05, 4.69) is 145 Å². The molecule has 0 saturated heterocycles. The molecule has 0 atom stereocenters. The maximum atomic E-state index is 5.38. The molecule has 23 heteroatoms. The van der Waals surface area contributed by atoms with E-state index in [1.807, 2.05) is 138 Å². The Morgan fingerprint density at radius 2 is 0.805 bits per heavy atom. The molecular weight excluding hydrogens is 1820 g/mol. The first-order valence-electron chi connectivity index (χ1n) is 24.0. The Labute approximate surface area is 545 Å². The Balaban J connectivity index is 0.000000133. The summed E-state index contributed by atoms with van der Waals surface area (Å²) in [6, 6.07) is 60.8. The van der Waals surface area contributed by atoms with E-state index in [9.17, 15) is 0 Å². The summed E-state index contributed by atoms with van der Waals surface area (Å²) >= 11 is 6.62. The molecule has 0 fully saturated rings. The Hall–Kier alpha value is -5.92. The standard InChI is InChI=1S/2C18H11N4S2.C12H8N2O.C11H7N3O.2Ir.2Os/c1-4-13(21-11-23-15-6-2-8-19-17(15)21)10-14(5-1)22-12-24-16-7-3-9-20-18(16)22;1-4-13(21-11-23-17-15(21)6-2-8-19-17)10-14(5-1)22-12-24-18-16(22)7-3-9-20-18;1-2-5-10(6-3-1)14-9-15-11-7-4-8-13-12(11)14;1-2-4-9(5-3-1)14-8-15-10-6-12-7-13-11(10)14;;;;/h2*1-9,11-12H;1-5,7-9H;1-4,6-8H;;;;/q2*-3;2*-2;;;;. The average molecular weight is 1850 g/mol. The first-order valence-corrected chi connectivity index (χ1v) is 27.5. The van der Waals surface area contributed by atoms with Crippen LogP contribution in [0, 0.1) is 61.2 Å². The zero-order valence-corrected chi connectivity index (χ0v) is 55.1. The van der Waals surface area contributed by atoms with Crippen molar-refractivity contribution < 1.29 is 89.3 Å². The molecule has 12 heterocycles. The average Bonchev–Trinajstić information content (AvgIpc) is 4.50. The molecule has 0 saturated carbocycles. The van der Waals surface area contributed by atoms with E-state index in [1.165, 1.54) is 6.33 Å². The second-order valence-corrected chi connectivity index (χ2v) is 20.2. The number of hydrogen-bond acceptors (Lipinski definition) is 19.